The minimum absolute atomic E-state index is 0.174. The van der Waals surface area contributed by atoms with Crippen LogP contribution in [0.2, 0.25) is 0 Å². The fourth-order valence-corrected chi connectivity index (χ4v) is 2.87. The highest BCUT2D eigenvalue weighted by Gasteiger charge is 2.10. The number of hydrogen-bond acceptors (Lipinski definition) is 1. The van der Waals surface area contributed by atoms with E-state index >= 15 is 0 Å². The maximum absolute atomic E-state index is 13.4. The summed E-state index contributed by atoms with van der Waals surface area (Å²) in [4.78, 5) is 0. The predicted molar refractivity (Wildman–Crippen MR) is 83.9 cm³/mol. The van der Waals surface area contributed by atoms with Crippen LogP contribution in [-0.4, -0.2) is 7.05 Å². The summed E-state index contributed by atoms with van der Waals surface area (Å²) in [5, 5.41) is 3.29. The van der Waals surface area contributed by atoms with Crippen molar-refractivity contribution in [2.45, 2.75) is 57.9 Å². The van der Waals surface area contributed by atoms with E-state index in [2.05, 4.69) is 28.2 Å². The molecule has 1 rings (SSSR count). The zero-order valence-electron chi connectivity index (χ0n) is 12.0. The Hall–Kier alpha value is -0.410. The van der Waals surface area contributed by atoms with Crippen LogP contribution < -0.4 is 5.32 Å². The minimum atomic E-state index is -0.174. The normalized spacial score (nSPS) is 12.6. The van der Waals surface area contributed by atoms with Crippen molar-refractivity contribution in [2.75, 3.05) is 7.05 Å². The van der Waals surface area contributed by atoms with Gasteiger partial charge in [0.15, 0.2) is 0 Å². The first kappa shape index (κ1) is 16.6. The Bertz CT molecular complexity index is 348. The second-order valence-electron chi connectivity index (χ2n) is 5.10. The number of halogens is 2. The monoisotopic (exact) mass is 329 g/mol. The molecular formula is C16H25BrFN. The molecule has 0 saturated heterocycles. The third kappa shape index (κ3) is 6.53. The van der Waals surface area contributed by atoms with Gasteiger partial charge in [0.1, 0.15) is 5.82 Å². The molecule has 1 aromatic carbocycles. The second-order valence-corrected chi connectivity index (χ2v) is 6.02. The molecule has 0 bridgehead atoms. The van der Waals surface area contributed by atoms with Crippen molar-refractivity contribution in [2.24, 2.45) is 0 Å². The molecule has 0 amide bonds. The van der Waals surface area contributed by atoms with Gasteiger partial charge in [-0.25, -0.2) is 4.39 Å². The Balaban J connectivity index is 2.40. The van der Waals surface area contributed by atoms with Gasteiger partial charge in [-0.15, -0.1) is 0 Å². The van der Waals surface area contributed by atoms with Crippen molar-refractivity contribution in [1.82, 2.24) is 5.32 Å². The van der Waals surface area contributed by atoms with Gasteiger partial charge in [0, 0.05) is 10.5 Å². The van der Waals surface area contributed by atoms with E-state index in [1.807, 2.05) is 13.1 Å². The molecule has 0 aliphatic carbocycles. The molecule has 0 aliphatic heterocycles. The van der Waals surface area contributed by atoms with Crippen LogP contribution >= 0.6 is 15.9 Å². The summed E-state index contributed by atoms with van der Waals surface area (Å²) >= 11 is 3.35. The van der Waals surface area contributed by atoms with E-state index in [4.69, 9.17) is 0 Å². The predicted octanol–water partition coefficient (Wildman–Crippen LogP) is 5.60. The molecule has 1 aromatic rings. The van der Waals surface area contributed by atoms with E-state index in [-0.39, 0.29) is 11.9 Å². The van der Waals surface area contributed by atoms with E-state index in [0.717, 1.165) is 16.5 Å². The lowest BCUT2D eigenvalue weighted by Gasteiger charge is -2.17. The van der Waals surface area contributed by atoms with Gasteiger partial charge < -0.3 is 5.32 Å². The van der Waals surface area contributed by atoms with Gasteiger partial charge in [0.2, 0.25) is 0 Å². The molecule has 0 saturated carbocycles. The van der Waals surface area contributed by atoms with E-state index in [1.165, 1.54) is 44.6 Å². The number of nitrogens with one attached hydrogen (secondary N) is 1. The molecule has 3 heteroatoms. The van der Waals surface area contributed by atoms with Crippen molar-refractivity contribution in [1.29, 1.82) is 0 Å². The van der Waals surface area contributed by atoms with Crippen molar-refractivity contribution >= 4 is 15.9 Å². The van der Waals surface area contributed by atoms with Crippen LogP contribution in [0.15, 0.2) is 22.7 Å². The Morgan fingerprint density at radius 1 is 1.11 bits per heavy atom. The van der Waals surface area contributed by atoms with Crippen molar-refractivity contribution in [3.05, 3.63) is 34.1 Å². The largest absolute Gasteiger partial charge is 0.313 e. The lowest BCUT2D eigenvalue weighted by atomic mass is 9.99. The zero-order valence-corrected chi connectivity index (χ0v) is 13.6. The molecule has 0 aliphatic rings. The van der Waals surface area contributed by atoms with Crippen molar-refractivity contribution in [3.63, 3.8) is 0 Å². The molecular weight excluding hydrogens is 305 g/mol. The van der Waals surface area contributed by atoms with Crippen LogP contribution in [0.5, 0.6) is 0 Å². The van der Waals surface area contributed by atoms with Crippen molar-refractivity contribution < 1.29 is 4.39 Å². The van der Waals surface area contributed by atoms with E-state index in [9.17, 15) is 4.39 Å². The van der Waals surface area contributed by atoms with Gasteiger partial charge in [0.05, 0.1) is 0 Å². The summed E-state index contributed by atoms with van der Waals surface area (Å²) in [6.07, 6.45) is 8.82. The molecule has 0 aromatic heterocycles. The first-order chi connectivity index (χ1) is 9.17. The molecule has 1 N–H and O–H groups in total. The highest BCUT2D eigenvalue weighted by Crippen LogP contribution is 2.24. The molecule has 19 heavy (non-hydrogen) atoms. The van der Waals surface area contributed by atoms with Gasteiger partial charge >= 0.3 is 0 Å². The summed E-state index contributed by atoms with van der Waals surface area (Å²) in [5.74, 6) is -0.174. The molecule has 0 fully saturated rings. The Kier molecular flexibility index (Phi) is 8.31. The van der Waals surface area contributed by atoms with Crippen LogP contribution in [-0.2, 0) is 0 Å². The topological polar surface area (TPSA) is 12.0 Å². The smallest absolute Gasteiger partial charge is 0.124 e. The summed E-state index contributed by atoms with van der Waals surface area (Å²) in [7, 11) is 1.94. The average Bonchev–Trinajstić information content (AvgIpc) is 2.37. The fourth-order valence-electron chi connectivity index (χ4n) is 2.38. The Morgan fingerprint density at radius 3 is 2.42 bits per heavy atom. The summed E-state index contributed by atoms with van der Waals surface area (Å²) in [6.45, 7) is 2.23. The van der Waals surface area contributed by atoms with Crippen LogP contribution in [0.1, 0.15) is 63.5 Å². The first-order valence-electron chi connectivity index (χ1n) is 7.30. The van der Waals surface area contributed by atoms with Crippen LogP contribution in [0.4, 0.5) is 4.39 Å². The van der Waals surface area contributed by atoms with Crippen molar-refractivity contribution in [3.8, 4) is 0 Å². The lowest BCUT2D eigenvalue weighted by molar-refractivity contribution is 0.495. The van der Waals surface area contributed by atoms with Gasteiger partial charge in [-0.2, -0.15) is 0 Å². The molecule has 108 valence electrons. The van der Waals surface area contributed by atoms with E-state index < -0.39 is 0 Å². The molecule has 1 nitrogen and oxygen atoms in total. The second kappa shape index (κ2) is 9.49. The molecule has 1 unspecified atom stereocenters. The lowest BCUT2D eigenvalue weighted by Crippen LogP contribution is -2.16. The molecule has 0 radical (unpaired) electrons. The number of benzene rings is 1. The highest BCUT2D eigenvalue weighted by atomic mass is 79.9. The van der Waals surface area contributed by atoms with E-state index in [0.29, 0.717) is 0 Å². The fraction of sp³-hybridized carbons (Fsp3) is 0.625. The van der Waals surface area contributed by atoms with Crippen LogP contribution in [0, 0.1) is 5.82 Å². The number of unbranched alkanes of at least 4 members (excludes halogenated alkanes) is 5. The standard InChI is InChI=1S/C16H25BrFN/c1-3-4-5-6-7-8-9-16(19-2)13-10-14(17)12-15(18)11-13/h10-12,16,19H,3-9H2,1-2H3. The number of rotatable bonds is 9. The summed E-state index contributed by atoms with van der Waals surface area (Å²) < 4.78 is 14.2. The highest BCUT2D eigenvalue weighted by molar-refractivity contribution is 9.10. The quantitative estimate of drug-likeness (QED) is 0.581. The third-order valence-corrected chi connectivity index (χ3v) is 3.94. The van der Waals surface area contributed by atoms with E-state index in [1.54, 1.807) is 6.07 Å². The number of hydrogen-bond donors (Lipinski definition) is 1. The maximum atomic E-state index is 13.4. The third-order valence-electron chi connectivity index (χ3n) is 3.48. The van der Waals surface area contributed by atoms with Gasteiger partial charge in [0.25, 0.3) is 0 Å². The average molecular weight is 330 g/mol. The van der Waals surface area contributed by atoms with Crippen LogP contribution in [0.25, 0.3) is 0 Å². The minimum Gasteiger partial charge on any atom is -0.313 e. The maximum Gasteiger partial charge on any atom is 0.124 e. The molecule has 1 atom stereocenters. The summed E-state index contributed by atoms with van der Waals surface area (Å²) in [5.41, 5.74) is 1.03. The summed E-state index contributed by atoms with van der Waals surface area (Å²) in [6, 6.07) is 5.38. The first-order valence-corrected chi connectivity index (χ1v) is 8.10. The molecule has 0 spiro atoms. The van der Waals surface area contributed by atoms with Gasteiger partial charge in [-0.05, 0) is 37.2 Å². The Labute approximate surface area is 125 Å². The van der Waals surface area contributed by atoms with Gasteiger partial charge in [-0.1, -0.05) is 61.4 Å². The molecule has 0 heterocycles. The SMILES string of the molecule is CCCCCCCCC(NC)c1cc(F)cc(Br)c1. The van der Waals surface area contributed by atoms with Gasteiger partial charge in [-0.3, -0.25) is 0 Å². The zero-order chi connectivity index (χ0) is 14.1. The Morgan fingerprint density at radius 2 is 1.79 bits per heavy atom. The van der Waals surface area contributed by atoms with Crippen LogP contribution in [0.3, 0.4) is 0 Å².